The first-order chi connectivity index (χ1) is 13.8. The van der Waals surface area contributed by atoms with Crippen LogP contribution in [0.3, 0.4) is 0 Å². The smallest absolute Gasteiger partial charge is 0.154 e. The summed E-state index contributed by atoms with van der Waals surface area (Å²) in [4.78, 5) is 20.7. The van der Waals surface area contributed by atoms with Crippen molar-refractivity contribution in [2.45, 2.75) is 0 Å². The summed E-state index contributed by atoms with van der Waals surface area (Å²) in [6.07, 6.45) is 5.85. The number of fused-ring (bicyclic) bond motifs is 11. The van der Waals surface area contributed by atoms with Gasteiger partial charge in [-0.1, -0.05) is 24.3 Å². The molecule has 6 rings (SSSR count). The summed E-state index contributed by atoms with van der Waals surface area (Å²) in [5.74, 6) is 0.684. The van der Waals surface area contributed by atoms with Crippen LogP contribution >= 0.6 is 0 Å². The van der Waals surface area contributed by atoms with Crippen LogP contribution in [-0.2, 0) is 0 Å². The first-order valence-corrected chi connectivity index (χ1v) is 9.12. The van der Waals surface area contributed by atoms with Gasteiger partial charge < -0.3 is 9.97 Å². The van der Waals surface area contributed by atoms with Gasteiger partial charge in [0.2, 0.25) is 0 Å². The lowest BCUT2D eigenvalue weighted by molar-refractivity contribution is 1.32. The molecule has 5 nitrogen and oxygen atoms in total. The number of benzene rings is 1. The van der Waals surface area contributed by atoms with Crippen molar-refractivity contribution in [3.8, 4) is 0 Å². The number of aliphatic imine (C=N–C) groups is 1. The summed E-state index contributed by atoms with van der Waals surface area (Å²) in [5, 5.41) is 2.29. The third kappa shape index (κ3) is 2.53. The SMILES string of the molecule is C1=Cc2cc3[nH]c(cc4nc(cc5ccc(cc1n2)[nH]5)C=N4)c1ccccc31. The quantitative estimate of drug-likeness (QED) is 0.381. The van der Waals surface area contributed by atoms with Gasteiger partial charge in [-0.25, -0.2) is 15.0 Å². The molecule has 0 amide bonds. The van der Waals surface area contributed by atoms with Crippen molar-refractivity contribution < 1.29 is 0 Å². The summed E-state index contributed by atoms with van der Waals surface area (Å²) in [5.41, 5.74) is 6.67. The van der Waals surface area contributed by atoms with Crippen molar-refractivity contribution in [3.63, 3.8) is 0 Å². The summed E-state index contributed by atoms with van der Waals surface area (Å²) >= 11 is 0. The monoisotopic (exact) mass is 361 g/mol. The van der Waals surface area contributed by atoms with Gasteiger partial charge in [-0.2, -0.15) is 0 Å². The maximum Gasteiger partial charge on any atom is 0.154 e. The van der Waals surface area contributed by atoms with Crippen molar-refractivity contribution in [2.75, 3.05) is 0 Å². The highest BCUT2D eigenvalue weighted by atomic mass is 15.0. The highest BCUT2D eigenvalue weighted by Crippen LogP contribution is 2.26. The largest absolute Gasteiger partial charge is 0.355 e. The predicted molar refractivity (Wildman–Crippen MR) is 115 cm³/mol. The molecule has 0 saturated heterocycles. The number of hydrogen-bond donors (Lipinski definition) is 2. The zero-order valence-electron chi connectivity index (χ0n) is 14.8. The molecule has 28 heavy (non-hydrogen) atoms. The van der Waals surface area contributed by atoms with Crippen LogP contribution in [0.5, 0.6) is 0 Å². The van der Waals surface area contributed by atoms with Gasteiger partial charge in [-0.3, -0.25) is 0 Å². The minimum Gasteiger partial charge on any atom is -0.355 e. The van der Waals surface area contributed by atoms with Crippen LogP contribution in [-0.4, -0.2) is 26.2 Å². The molecule has 2 aliphatic heterocycles. The minimum atomic E-state index is 0.684. The van der Waals surface area contributed by atoms with E-state index in [-0.39, 0.29) is 0 Å². The van der Waals surface area contributed by atoms with E-state index >= 15 is 0 Å². The minimum absolute atomic E-state index is 0.684. The molecule has 0 aliphatic carbocycles. The second-order valence-electron chi connectivity index (χ2n) is 6.89. The Morgan fingerprint density at radius 3 is 2.07 bits per heavy atom. The molecule has 0 atom stereocenters. The fourth-order valence-electron chi connectivity index (χ4n) is 3.67. The Morgan fingerprint density at radius 1 is 0.607 bits per heavy atom. The molecule has 5 heterocycles. The number of aromatic nitrogens is 4. The maximum atomic E-state index is 4.73. The van der Waals surface area contributed by atoms with E-state index in [1.165, 1.54) is 0 Å². The Hall–Kier alpha value is -3.99. The van der Waals surface area contributed by atoms with Gasteiger partial charge in [0, 0.05) is 33.4 Å². The summed E-state index contributed by atoms with van der Waals surface area (Å²) < 4.78 is 0. The highest BCUT2D eigenvalue weighted by molar-refractivity contribution is 6.07. The zero-order valence-corrected chi connectivity index (χ0v) is 14.8. The van der Waals surface area contributed by atoms with Gasteiger partial charge in [0.05, 0.1) is 28.8 Å². The topological polar surface area (TPSA) is 69.7 Å². The first kappa shape index (κ1) is 15.1. The molecular formula is C23H15N5. The van der Waals surface area contributed by atoms with Crippen molar-refractivity contribution in [1.82, 2.24) is 19.9 Å². The summed E-state index contributed by atoms with van der Waals surface area (Å²) in [6.45, 7) is 0. The van der Waals surface area contributed by atoms with Gasteiger partial charge in [0.25, 0.3) is 0 Å². The second kappa shape index (κ2) is 5.76. The molecule has 1 aromatic carbocycles. The zero-order chi connectivity index (χ0) is 18.5. The summed E-state index contributed by atoms with van der Waals surface area (Å²) in [7, 11) is 0. The van der Waals surface area contributed by atoms with Crippen LogP contribution in [0, 0.1) is 0 Å². The van der Waals surface area contributed by atoms with Crippen LogP contribution in [0.1, 0.15) is 17.1 Å². The van der Waals surface area contributed by atoms with Gasteiger partial charge in [0.15, 0.2) is 5.82 Å². The van der Waals surface area contributed by atoms with Crippen LogP contribution < -0.4 is 0 Å². The molecule has 5 heteroatoms. The average Bonchev–Trinajstić information content (AvgIpc) is 3.47. The van der Waals surface area contributed by atoms with E-state index < -0.39 is 0 Å². The molecule has 8 bridgehead atoms. The Labute approximate surface area is 160 Å². The molecule has 0 unspecified atom stereocenters. The van der Waals surface area contributed by atoms with Crippen molar-refractivity contribution in [2.24, 2.45) is 4.99 Å². The van der Waals surface area contributed by atoms with E-state index in [0.29, 0.717) is 5.82 Å². The number of rotatable bonds is 0. The van der Waals surface area contributed by atoms with E-state index in [9.17, 15) is 0 Å². The molecule has 4 aromatic rings. The lowest BCUT2D eigenvalue weighted by Gasteiger charge is -1.88. The Kier molecular flexibility index (Phi) is 3.10. The van der Waals surface area contributed by atoms with Gasteiger partial charge in [-0.05, 0) is 42.5 Å². The van der Waals surface area contributed by atoms with E-state index in [1.807, 2.05) is 54.6 Å². The van der Waals surface area contributed by atoms with Crippen LogP contribution in [0.4, 0.5) is 5.82 Å². The van der Waals surface area contributed by atoms with Crippen LogP contribution in [0.2, 0.25) is 0 Å². The Morgan fingerprint density at radius 2 is 1.29 bits per heavy atom. The number of nitrogens with zero attached hydrogens (tertiary/aromatic N) is 3. The highest BCUT2D eigenvalue weighted by Gasteiger charge is 2.06. The van der Waals surface area contributed by atoms with Crippen molar-refractivity contribution in [1.29, 1.82) is 0 Å². The molecule has 3 aromatic heterocycles. The maximum absolute atomic E-state index is 4.73. The lowest BCUT2D eigenvalue weighted by Crippen LogP contribution is -1.76. The number of H-pyrrole nitrogens is 2. The third-order valence-electron chi connectivity index (χ3n) is 4.94. The average molecular weight is 361 g/mol. The van der Waals surface area contributed by atoms with Gasteiger partial charge in [-0.15, -0.1) is 0 Å². The molecule has 2 N–H and O–H groups in total. The fraction of sp³-hybridized carbons (Fsp3) is 0. The van der Waals surface area contributed by atoms with Crippen LogP contribution in [0.25, 0.3) is 45.0 Å². The Bertz CT molecular complexity index is 1360. The summed E-state index contributed by atoms with van der Waals surface area (Å²) in [6, 6.07) is 20.5. The van der Waals surface area contributed by atoms with Gasteiger partial charge >= 0.3 is 0 Å². The second-order valence-corrected chi connectivity index (χ2v) is 6.89. The van der Waals surface area contributed by atoms with E-state index in [0.717, 1.165) is 49.9 Å². The molecule has 0 saturated carbocycles. The lowest BCUT2D eigenvalue weighted by atomic mass is 10.2. The normalized spacial score (nSPS) is 12.7. The van der Waals surface area contributed by atoms with E-state index in [2.05, 4.69) is 38.1 Å². The molecule has 0 radical (unpaired) electrons. The Balaban J connectivity index is 1.77. The standard InChI is InChI=1S/C23H15N5/c1-2-4-20-19(3-1)21-11-17-8-7-15(26-17)9-14-5-6-16(25-14)10-18-13-24-23(27-18)12-22(20)28-21/h1-13,25,28H. The molecule has 132 valence electrons. The first-order valence-electron chi connectivity index (χ1n) is 9.12. The number of aromatic amines is 2. The van der Waals surface area contributed by atoms with Crippen molar-refractivity contribution >= 4 is 57.0 Å². The number of hydrogen-bond acceptors (Lipinski definition) is 3. The van der Waals surface area contributed by atoms with E-state index in [1.54, 1.807) is 6.21 Å². The molecular weight excluding hydrogens is 346 g/mol. The predicted octanol–water partition coefficient (Wildman–Crippen LogP) is 5.39. The van der Waals surface area contributed by atoms with Gasteiger partial charge in [0.1, 0.15) is 0 Å². The fourth-order valence-corrected chi connectivity index (χ4v) is 3.67. The van der Waals surface area contributed by atoms with E-state index in [4.69, 9.17) is 4.98 Å². The molecule has 2 aliphatic rings. The third-order valence-corrected chi connectivity index (χ3v) is 4.94. The number of nitrogens with one attached hydrogen (secondary N) is 2. The van der Waals surface area contributed by atoms with Crippen molar-refractivity contribution in [3.05, 3.63) is 77.7 Å². The molecule has 0 spiro atoms. The van der Waals surface area contributed by atoms with Crippen LogP contribution in [0.15, 0.2) is 65.7 Å². The molecule has 0 fully saturated rings.